The number of aryl methyl sites for hydroxylation is 1. The second-order valence-corrected chi connectivity index (χ2v) is 10.5. The van der Waals surface area contributed by atoms with Crippen LogP contribution in [0.4, 0.5) is 0 Å². The molecule has 3 aromatic carbocycles. The zero-order valence-corrected chi connectivity index (χ0v) is 23.9. The summed E-state index contributed by atoms with van der Waals surface area (Å²) in [5.41, 5.74) is 6.88. The van der Waals surface area contributed by atoms with Crippen LogP contribution in [0.2, 0.25) is 0 Å². The SMILES string of the molecule is COc1ccc(CN2CCN(CC(O)COc3cccc4ncccc34)CC2)c(-c2cccc(C)c2C)c1OC. The van der Waals surface area contributed by atoms with Crippen LogP contribution in [0.3, 0.4) is 0 Å². The molecule has 1 saturated heterocycles. The molecular formula is C33H39N3O4. The molecule has 40 heavy (non-hydrogen) atoms. The smallest absolute Gasteiger partial charge is 0.168 e. The molecule has 4 aromatic rings. The first kappa shape index (κ1) is 27.9. The van der Waals surface area contributed by atoms with Gasteiger partial charge in [0, 0.05) is 56.4 Å². The summed E-state index contributed by atoms with van der Waals surface area (Å²) in [6.45, 7) is 9.58. The highest BCUT2D eigenvalue weighted by molar-refractivity contribution is 5.84. The average Bonchev–Trinajstić information content (AvgIpc) is 2.98. The number of hydrogen-bond acceptors (Lipinski definition) is 7. The first-order chi connectivity index (χ1) is 19.5. The van der Waals surface area contributed by atoms with Gasteiger partial charge in [-0.3, -0.25) is 14.8 Å². The predicted molar refractivity (Wildman–Crippen MR) is 159 cm³/mol. The number of piperazine rings is 1. The standard InChI is InChI=1S/C33H39N3O4/c1-23-8-5-9-27(24(23)2)32-25(13-14-31(38-3)33(32)39-4)20-35-16-18-36(19-17-35)21-26(37)22-40-30-12-6-11-29-28(30)10-7-15-34-29/h5-15,26,37H,16-22H2,1-4H3. The van der Waals surface area contributed by atoms with Crippen LogP contribution in [-0.2, 0) is 6.54 Å². The summed E-state index contributed by atoms with van der Waals surface area (Å²) in [5, 5.41) is 11.7. The third-order valence-corrected chi connectivity index (χ3v) is 7.87. The van der Waals surface area contributed by atoms with Crippen molar-refractivity contribution in [2.45, 2.75) is 26.5 Å². The molecule has 1 aliphatic rings. The molecule has 0 spiro atoms. The molecule has 0 radical (unpaired) electrons. The summed E-state index contributed by atoms with van der Waals surface area (Å²) >= 11 is 0. The Balaban J connectivity index is 1.21. The highest BCUT2D eigenvalue weighted by Gasteiger charge is 2.24. The van der Waals surface area contributed by atoms with Crippen LogP contribution in [0, 0.1) is 13.8 Å². The van der Waals surface area contributed by atoms with Crippen molar-refractivity contribution < 1.29 is 19.3 Å². The maximum Gasteiger partial charge on any atom is 0.168 e. The Labute approximate surface area is 236 Å². The molecule has 1 N–H and O–H groups in total. The number of methoxy groups -OCH3 is 2. The molecular weight excluding hydrogens is 502 g/mol. The highest BCUT2D eigenvalue weighted by atomic mass is 16.5. The molecule has 7 nitrogen and oxygen atoms in total. The monoisotopic (exact) mass is 541 g/mol. The summed E-state index contributed by atoms with van der Waals surface area (Å²) in [6, 6.07) is 20.3. The number of hydrogen-bond donors (Lipinski definition) is 1. The van der Waals surface area contributed by atoms with E-state index in [1.165, 1.54) is 22.3 Å². The van der Waals surface area contributed by atoms with Gasteiger partial charge in [0.05, 0.1) is 19.7 Å². The topological polar surface area (TPSA) is 67.3 Å². The van der Waals surface area contributed by atoms with Crippen molar-refractivity contribution in [1.29, 1.82) is 0 Å². The van der Waals surface area contributed by atoms with Gasteiger partial charge in [-0.1, -0.05) is 30.3 Å². The first-order valence-electron chi connectivity index (χ1n) is 13.9. The van der Waals surface area contributed by atoms with Gasteiger partial charge in [0.2, 0.25) is 0 Å². The number of rotatable bonds is 10. The number of aliphatic hydroxyl groups is 1. The van der Waals surface area contributed by atoms with E-state index in [0.29, 0.717) is 6.54 Å². The molecule has 1 aliphatic heterocycles. The lowest BCUT2D eigenvalue weighted by Gasteiger charge is -2.36. The van der Waals surface area contributed by atoms with E-state index in [-0.39, 0.29) is 6.61 Å². The minimum absolute atomic E-state index is 0.249. The summed E-state index contributed by atoms with van der Waals surface area (Å²) < 4.78 is 17.5. The van der Waals surface area contributed by atoms with E-state index >= 15 is 0 Å². The Bertz CT molecular complexity index is 1440. The molecule has 1 unspecified atom stereocenters. The van der Waals surface area contributed by atoms with Crippen LogP contribution in [0.5, 0.6) is 17.2 Å². The van der Waals surface area contributed by atoms with E-state index in [2.05, 4.69) is 52.9 Å². The number of ether oxygens (including phenoxy) is 3. The summed E-state index contributed by atoms with van der Waals surface area (Å²) in [7, 11) is 3.39. The first-order valence-corrected chi connectivity index (χ1v) is 13.9. The third-order valence-electron chi connectivity index (χ3n) is 7.87. The number of pyridine rings is 1. The number of β-amino-alcohol motifs (C(OH)–C–C–N with tert-alkyl or cyclic N) is 1. The molecule has 210 valence electrons. The largest absolute Gasteiger partial charge is 0.493 e. The Hall–Kier alpha value is -3.65. The minimum atomic E-state index is -0.569. The maximum absolute atomic E-state index is 10.7. The molecule has 0 aliphatic carbocycles. The molecule has 1 fully saturated rings. The van der Waals surface area contributed by atoms with Crippen molar-refractivity contribution in [3.05, 3.63) is 83.6 Å². The van der Waals surface area contributed by atoms with Crippen molar-refractivity contribution in [3.8, 4) is 28.4 Å². The van der Waals surface area contributed by atoms with Gasteiger partial charge in [0.1, 0.15) is 18.5 Å². The third kappa shape index (κ3) is 6.07. The van der Waals surface area contributed by atoms with Gasteiger partial charge in [-0.2, -0.15) is 0 Å². The second-order valence-electron chi connectivity index (χ2n) is 10.5. The van der Waals surface area contributed by atoms with Crippen LogP contribution in [-0.4, -0.2) is 79.5 Å². The van der Waals surface area contributed by atoms with Gasteiger partial charge in [-0.15, -0.1) is 0 Å². The fourth-order valence-corrected chi connectivity index (χ4v) is 5.53. The molecule has 5 rings (SSSR count). The maximum atomic E-state index is 10.7. The van der Waals surface area contributed by atoms with Crippen molar-refractivity contribution in [2.75, 3.05) is 53.6 Å². The number of fused-ring (bicyclic) bond motifs is 1. The number of benzene rings is 3. The summed E-state index contributed by atoms with van der Waals surface area (Å²) in [6.07, 6.45) is 1.20. The molecule has 7 heteroatoms. The van der Waals surface area contributed by atoms with E-state index < -0.39 is 6.10 Å². The normalized spacial score (nSPS) is 15.2. The van der Waals surface area contributed by atoms with Gasteiger partial charge in [0.25, 0.3) is 0 Å². The highest BCUT2D eigenvalue weighted by Crippen LogP contribution is 2.42. The lowest BCUT2D eigenvalue weighted by Crippen LogP contribution is -2.48. The van der Waals surface area contributed by atoms with Crippen molar-refractivity contribution in [3.63, 3.8) is 0 Å². The Kier molecular flexibility index (Phi) is 8.85. The van der Waals surface area contributed by atoms with Crippen LogP contribution >= 0.6 is 0 Å². The lowest BCUT2D eigenvalue weighted by molar-refractivity contribution is 0.0450. The Morgan fingerprint density at radius 2 is 1.62 bits per heavy atom. The fourth-order valence-electron chi connectivity index (χ4n) is 5.53. The van der Waals surface area contributed by atoms with E-state index in [1.54, 1.807) is 20.4 Å². The molecule has 0 saturated carbocycles. The average molecular weight is 542 g/mol. The summed E-state index contributed by atoms with van der Waals surface area (Å²) in [5.74, 6) is 2.27. The predicted octanol–water partition coefficient (Wildman–Crippen LogP) is 5.09. The van der Waals surface area contributed by atoms with Crippen LogP contribution in [0.25, 0.3) is 22.0 Å². The van der Waals surface area contributed by atoms with Gasteiger partial charge >= 0.3 is 0 Å². The minimum Gasteiger partial charge on any atom is -0.493 e. The van der Waals surface area contributed by atoms with E-state index in [0.717, 1.165) is 66.4 Å². The second kappa shape index (κ2) is 12.7. The molecule has 1 atom stereocenters. The zero-order chi connectivity index (χ0) is 28.1. The van der Waals surface area contributed by atoms with Crippen molar-refractivity contribution >= 4 is 10.9 Å². The van der Waals surface area contributed by atoms with Gasteiger partial charge in [-0.25, -0.2) is 0 Å². The lowest BCUT2D eigenvalue weighted by atomic mass is 9.92. The van der Waals surface area contributed by atoms with Gasteiger partial charge in [0.15, 0.2) is 11.5 Å². The molecule has 2 heterocycles. The van der Waals surface area contributed by atoms with E-state index in [1.807, 2.05) is 36.4 Å². The summed E-state index contributed by atoms with van der Waals surface area (Å²) in [4.78, 5) is 9.17. The van der Waals surface area contributed by atoms with Gasteiger partial charge in [-0.05, 0) is 66.4 Å². The number of aliphatic hydroxyl groups excluding tert-OH is 1. The fraction of sp³-hybridized carbons (Fsp3) is 0.364. The van der Waals surface area contributed by atoms with Gasteiger partial charge < -0.3 is 19.3 Å². The number of aromatic nitrogens is 1. The zero-order valence-electron chi connectivity index (χ0n) is 23.9. The Morgan fingerprint density at radius 3 is 2.40 bits per heavy atom. The van der Waals surface area contributed by atoms with Crippen LogP contribution in [0.15, 0.2) is 66.9 Å². The van der Waals surface area contributed by atoms with Crippen LogP contribution in [0.1, 0.15) is 16.7 Å². The number of nitrogens with zero attached hydrogens (tertiary/aromatic N) is 3. The quantitative estimate of drug-likeness (QED) is 0.300. The molecule has 0 bridgehead atoms. The van der Waals surface area contributed by atoms with E-state index in [9.17, 15) is 5.11 Å². The molecule has 1 aromatic heterocycles. The Morgan fingerprint density at radius 1 is 0.850 bits per heavy atom. The van der Waals surface area contributed by atoms with Crippen molar-refractivity contribution in [2.24, 2.45) is 0 Å². The molecule has 0 amide bonds. The van der Waals surface area contributed by atoms with Crippen molar-refractivity contribution in [1.82, 2.24) is 14.8 Å². The van der Waals surface area contributed by atoms with E-state index in [4.69, 9.17) is 14.2 Å². The van der Waals surface area contributed by atoms with Crippen LogP contribution < -0.4 is 14.2 Å².